The summed E-state index contributed by atoms with van der Waals surface area (Å²) in [6.07, 6.45) is 0. The van der Waals surface area contributed by atoms with Gasteiger partial charge in [0.15, 0.2) is 0 Å². The fraction of sp³-hybridized carbons (Fsp3) is 0. The molecule has 0 saturated carbocycles. The van der Waals surface area contributed by atoms with E-state index in [-0.39, 0.29) is 5.75 Å². The van der Waals surface area contributed by atoms with Crippen molar-refractivity contribution in [2.24, 2.45) is 0 Å². The summed E-state index contributed by atoms with van der Waals surface area (Å²) in [6.45, 7) is 0. The number of phenolic OH excluding ortho intramolecular Hbond substituents is 1. The van der Waals surface area contributed by atoms with Crippen LogP contribution in [0.2, 0.25) is 0 Å². The maximum Gasteiger partial charge on any atom is 0.138 e. The first-order valence-electron chi connectivity index (χ1n) is 6.57. The number of fused-ring (bicyclic) bond motifs is 2. The predicted octanol–water partition coefficient (Wildman–Crippen LogP) is 4.85. The average Bonchev–Trinajstić information content (AvgIpc) is 2.89. The lowest BCUT2D eigenvalue weighted by Gasteiger charge is -2.01. The van der Waals surface area contributed by atoms with Crippen molar-refractivity contribution in [2.45, 2.75) is 0 Å². The molecular weight excluding hydrogens is 328 g/mol. The molecule has 0 spiro atoms. The molecule has 0 amide bonds. The van der Waals surface area contributed by atoms with Crippen LogP contribution in [0.3, 0.4) is 0 Å². The van der Waals surface area contributed by atoms with Crippen molar-refractivity contribution in [2.75, 3.05) is 0 Å². The third-order valence-corrected chi connectivity index (χ3v) is 4.03. The van der Waals surface area contributed by atoms with Gasteiger partial charge in [0.1, 0.15) is 11.6 Å². The van der Waals surface area contributed by atoms with Gasteiger partial charge in [-0.15, -0.1) is 0 Å². The van der Waals surface area contributed by atoms with E-state index in [1.807, 2.05) is 18.2 Å². The Morgan fingerprint density at radius 2 is 1.71 bits per heavy atom. The number of halogens is 1. The Kier molecular flexibility index (Phi) is 2.72. The highest BCUT2D eigenvalue weighted by Gasteiger charge is 2.07. The molecule has 2 N–H and O–H groups in total. The Balaban J connectivity index is 1.89. The predicted molar refractivity (Wildman–Crippen MR) is 88.4 cm³/mol. The summed E-state index contributed by atoms with van der Waals surface area (Å²) in [6, 6.07) is 17.6. The topological polar surface area (TPSA) is 48.9 Å². The zero-order chi connectivity index (χ0) is 14.4. The third kappa shape index (κ3) is 2.17. The van der Waals surface area contributed by atoms with Crippen molar-refractivity contribution in [1.29, 1.82) is 0 Å². The van der Waals surface area contributed by atoms with Crippen LogP contribution >= 0.6 is 15.9 Å². The Bertz CT molecular complexity index is 975. The van der Waals surface area contributed by atoms with Crippen molar-refractivity contribution in [3.05, 3.63) is 59.1 Å². The van der Waals surface area contributed by atoms with Crippen molar-refractivity contribution >= 4 is 37.7 Å². The molecule has 4 aromatic rings. The SMILES string of the molecule is Oc1ccc2nc(-c3ccc4cc(Br)ccc4c3)[nH]c2c1. The molecule has 0 bridgehead atoms. The fourth-order valence-corrected chi connectivity index (χ4v) is 2.88. The fourth-order valence-electron chi connectivity index (χ4n) is 2.50. The van der Waals surface area contributed by atoms with Gasteiger partial charge in [0, 0.05) is 16.1 Å². The van der Waals surface area contributed by atoms with Crippen molar-refractivity contribution in [3.63, 3.8) is 0 Å². The number of imidazole rings is 1. The molecule has 4 rings (SSSR count). The molecule has 1 aromatic heterocycles. The van der Waals surface area contributed by atoms with Gasteiger partial charge in [-0.3, -0.25) is 0 Å². The number of phenols is 1. The molecule has 102 valence electrons. The number of nitrogens with zero attached hydrogens (tertiary/aromatic N) is 1. The molecule has 0 atom stereocenters. The molecule has 0 radical (unpaired) electrons. The van der Waals surface area contributed by atoms with E-state index in [0.717, 1.165) is 26.9 Å². The number of hydrogen-bond acceptors (Lipinski definition) is 2. The molecule has 0 unspecified atom stereocenters. The summed E-state index contributed by atoms with van der Waals surface area (Å²) in [5.74, 6) is 1.04. The smallest absolute Gasteiger partial charge is 0.138 e. The zero-order valence-electron chi connectivity index (χ0n) is 11.0. The van der Waals surface area contributed by atoms with Crippen molar-refractivity contribution < 1.29 is 5.11 Å². The van der Waals surface area contributed by atoms with Crippen LogP contribution in [0.4, 0.5) is 0 Å². The minimum Gasteiger partial charge on any atom is -0.508 e. The molecular formula is C17H11BrN2O. The molecule has 0 aliphatic heterocycles. The number of rotatable bonds is 1. The summed E-state index contributed by atoms with van der Waals surface area (Å²) in [7, 11) is 0. The number of benzene rings is 3. The number of H-pyrrole nitrogens is 1. The summed E-state index contributed by atoms with van der Waals surface area (Å²) < 4.78 is 1.07. The van der Waals surface area contributed by atoms with E-state index in [1.165, 1.54) is 10.8 Å². The molecule has 3 nitrogen and oxygen atoms in total. The summed E-state index contributed by atoms with van der Waals surface area (Å²) in [4.78, 5) is 7.82. The largest absolute Gasteiger partial charge is 0.508 e. The highest BCUT2D eigenvalue weighted by Crippen LogP contribution is 2.27. The summed E-state index contributed by atoms with van der Waals surface area (Å²) in [5.41, 5.74) is 2.71. The lowest BCUT2D eigenvalue weighted by atomic mass is 10.1. The molecule has 0 saturated heterocycles. The lowest BCUT2D eigenvalue weighted by molar-refractivity contribution is 0.476. The van der Waals surface area contributed by atoms with E-state index in [2.05, 4.69) is 50.2 Å². The third-order valence-electron chi connectivity index (χ3n) is 3.54. The first-order chi connectivity index (χ1) is 10.2. The van der Waals surface area contributed by atoms with Gasteiger partial charge in [0.05, 0.1) is 11.0 Å². The van der Waals surface area contributed by atoms with Crippen LogP contribution in [0.5, 0.6) is 5.75 Å². The molecule has 4 heteroatoms. The Hall–Kier alpha value is -2.33. The summed E-state index contributed by atoms with van der Waals surface area (Å²) in [5, 5.41) is 11.9. The Labute approximate surface area is 129 Å². The molecule has 1 heterocycles. The van der Waals surface area contributed by atoms with Gasteiger partial charge in [-0.25, -0.2) is 4.98 Å². The van der Waals surface area contributed by atoms with Gasteiger partial charge in [-0.1, -0.05) is 34.1 Å². The lowest BCUT2D eigenvalue weighted by Crippen LogP contribution is -1.81. The van der Waals surface area contributed by atoms with Crippen LogP contribution < -0.4 is 0 Å². The molecule has 0 fully saturated rings. The maximum atomic E-state index is 9.53. The second-order valence-electron chi connectivity index (χ2n) is 4.99. The zero-order valence-corrected chi connectivity index (χ0v) is 12.6. The van der Waals surface area contributed by atoms with Crippen LogP contribution in [0, 0.1) is 0 Å². The number of nitrogens with one attached hydrogen (secondary N) is 1. The first-order valence-corrected chi connectivity index (χ1v) is 7.37. The van der Waals surface area contributed by atoms with E-state index < -0.39 is 0 Å². The normalized spacial score (nSPS) is 11.3. The van der Waals surface area contributed by atoms with E-state index >= 15 is 0 Å². The van der Waals surface area contributed by atoms with Crippen molar-refractivity contribution in [3.8, 4) is 17.1 Å². The Morgan fingerprint density at radius 1 is 0.905 bits per heavy atom. The number of aromatic amines is 1. The van der Waals surface area contributed by atoms with Gasteiger partial charge in [-0.05, 0) is 41.1 Å². The highest BCUT2D eigenvalue weighted by molar-refractivity contribution is 9.10. The quantitative estimate of drug-likeness (QED) is 0.521. The van der Waals surface area contributed by atoms with Crippen LogP contribution in [-0.2, 0) is 0 Å². The van der Waals surface area contributed by atoms with Gasteiger partial charge in [0.25, 0.3) is 0 Å². The molecule has 3 aromatic carbocycles. The minimum atomic E-state index is 0.237. The molecule has 0 aliphatic carbocycles. The van der Waals surface area contributed by atoms with Gasteiger partial charge in [0.2, 0.25) is 0 Å². The average molecular weight is 339 g/mol. The molecule has 21 heavy (non-hydrogen) atoms. The van der Waals surface area contributed by atoms with Crippen LogP contribution in [0.25, 0.3) is 33.2 Å². The van der Waals surface area contributed by atoms with Gasteiger partial charge >= 0.3 is 0 Å². The second-order valence-corrected chi connectivity index (χ2v) is 5.91. The number of hydrogen-bond donors (Lipinski definition) is 2. The minimum absolute atomic E-state index is 0.237. The maximum absolute atomic E-state index is 9.53. The molecule has 0 aliphatic rings. The van der Waals surface area contributed by atoms with Crippen LogP contribution in [-0.4, -0.2) is 15.1 Å². The van der Waals surface area contributed by atoms with Gasteiger partial charge in [-0.2, -0.15) is 0 Å². The van der Waals surface area contributed by atoms with E-state index in [4.69, 9.17) is 0 Å². The number of aromatic hydroxyl groups is 1. The standard InChI is InChI=1S/C17H11BrN2O/c18-13-4-3-10-7-12(2-1-11(10)8-13)17-19-15-6-5-14(21)9-16(15)20-17/h1-9,21H,(H,19,20). The van der Waals surface area contributed by atoms with Crippen LogP contribution in [0.15, 0.2) is 59.1 Å². The second kappa shape index (κ2) is 4.60. The Morgan fingerprint density at radius 3 is 2.62 bits per heavy atom. The number of aromatic nitrogens is 2. The van der Waals surface area contributed by atoms with E-state index in [0.29, 0.717) is 0 Å². The monoisotopic (exact) mass is 338 g/mol. The van der Waals surface area contributed by atoms with Gasteiger partial charge < -0.3 is 10.1 Å². The van der Waals surface area contributed by atoms with Crippen molar-refractivity contribution in [1.82, 2.24) is 9.97 Å². The van der Waals surface area contributed by atoms with Crippen LogP contribution in [0.1, 0.15) is 0 Å². The van der Waals surface area contributed by atoms with E-state index in [1.54, 1.807) is 12.1 Å². The summed E-state index contributed by atoms with van der Waals surface area (Å²) >= 11 is 3.48. The highest BCUT2D eigenvalue weighted by atomic mass is 79.9. The first kappa shape index (κ1) is 12.4. The van der Waals surface area contributed by atoms with E-state index in [9.17, 15) is 5.11 Å².